The molecule has 2 aromatic carbocycles. The number of carbonyl (C=O) groups is 1. The molecule has 0 unspecified atom stereocenters. The smallest absolute Gasteiger partial charge is 0.299 e. The number of rotatable bonds is 4. The second-order valence-electron chi connectivity index (χ2n) is 6.06. The lowest BCUT2D eigenvalue weighted by molar-refractivity contribution is -0.115. The van der Waals surface area contributed by atoms with Crippen molar-refractivity contribution in [2.45, 2.75) is 12.8 Å². The van der Waals surface area contributed by atoms with Gasteiger partial charge in [-0.2, -0.15) is 8.42 Å². The van der Waals surface area contributed by atoms with Gasteiger partial charge in [-0.15, -0.1) is 0 Å². The van der Waals surface area contributed by atoms with Gasteiger partial charge in [0.25, 0.3) is 10.2 Å². The van der Waals surface area contributed by atoms with E-state index in [1.807, 2.05) is 18.2 Å². The van der Waals surface area contributed by atoms with Crippen LogP contribution in [0.25, 0.3) is 11.0 Å². The molecule has 0 aliphatic carbocycles. The molecule has 0 radical (unpaired) electrons. The first-order valence-corrected chi connectivity index (χ1v) is 9.49. The van der Waals surface area contributed by atoms with Crippen LogP contribution >= 0.6 is 0 Å². The number of nitrogens with one attached hydrogen (secondary N) is 1. The van der Waals surface area contributed by atoms with Gasteiger partial charge in [-0.05, 0) is 36.2 Å². The predicted molar refractivity (Wildman–Crippen MR) is 96.9 cm³/mol. The minimum Gasteiger partial charge on any atom is -0.356 e. The summed E-state index contributed by atoms with van der Waals surface area (Å²) >= 11 is 0. The molecule has 3 N–H and O–H groups in total. The Morgan fingerprint density at radius 1 is 1.27 bits per heavy atom. The first-order valence-electron chi connectivity index (χ1n) is 7.98. The van der Waals surface area contributed by atoms with Gasteiger partial charge in [-0.25, -0.2) is 5.14 Å². The van der Waals surface area contributed by atoms with Gasteiger partial charge in [-0.1, -0.05) is 23.4 Å². The van der Waals surface area contributed by atoms with E-state index < -0.39 is 10.2 Å². The summed E-state index contributed by atoms with van der Waals surface area (Å²) in [6, 6.07) is 12.5. The zero-order valence-corrected chi connectivity index (χ0v) is 14.5. The van der Waals surface area contributed by atoms with Crippen molar-refractivity contribution in [2.24, 2.45) is 5.14 Å². The van der Waals surface area contributed by atoms with Crippen LogP contribution in [0.1, 0.15) is 11.3 Å². The number of hydrogen-bond donors (Lipinski definition) is 2. The van der Waals surface area contributed by atoms with Crippen LogP contribution < -0.4 is 14.8 Å². The third-order valence-corrected chi connectivity index (χ3v) is 5.30. The third-order valence-electron chi connectivity index (χ3n) is 4.31. The van der Waals surface area contributed by atoms with Gasteiger partial charge in [0.15, 0.2) is 5.58 Å². The minimum absolute atomic E-state index is 0.0486. The van der Waals surface area contributed by atoms with E-state index in [4.69, 9.17) is 9.66 Å². The van der Waals surface area contributed by atoms with E-state index in [-0.39, 0.29) is 12.3 Å². The monoisotopic (exact) mass is 372 g/mol. The summed E-state index contributed by atoms with van der Waals surface area (Å²) in [4.78, 5) is 12.4. The summed E-state index contributed by atoms with van der Waals surface area (Å²) in [5.74, 6) is -0.274. The van der Waals surface area contributed by atoms with Gasteiger partial charge in [-0.3, -0.25) is 9.10 Å². The van der Waals surface area contributed by atoms with Crippen LogP contribution in [0.2, 0.25) is 0 Å². The summed E-state index contributed by atoms with van der Waals surface area (Å²) in [7, 11) is -3.83. The minimum atomic E-state index is -3.83. The normalized spacial score (nSPS) is 13.8. The quantitative estimate of drug-likeness (QED) is 0.721. The van der Waals surface area contributed by atoms with Crippen molar-refractivity contribution in [1.29, 1.82) is 0 Å². The molecule has 26 heavy (non-hydrogen) atoms. The van der Waals surface area contributed by atoms with Crippen molar-refractivity contribution < 1.29 is 17.7 Å². The number of para-hydroxylation sites is 1. The molecule has 0 saturated heterocycles. The van der Waals surface area contributed by atoms with Gasteiger partial charge in [0.05, 0.1) is 12.1 Å². The van der Waals surface area contributed by atoms with Crippen LogP contribution in [0.4, 0.5) is 11.4 Å². The average Bonchev–Trinajstić information content (AvgIpc) is 3.18. The second kappa shape index (κ2) is 6.11. The molecule has 0 bridgehead atoms. The van der Waals surface area contributed by atoms with Gasteiger partial charge in [0.1, 0.15) is 5.69 Å². The fraction of sp³-hybridized carbons (Fsp3) is 0.176. The Morgan fingerprint density at radius 3 is 2.88 bits per heavy atom. The summed E-state index contributed by atoms with van der Waals surface area (Å²) in [6.07, 6.45) is 0.637. The highest BCUT2D eigenvalue weighted by Crippen LogP contribution is 2.32. The van der Waals surface area contributed by atoms with Crippen molar-refractivity contribution in [3.63, 3.8) is 0 Å². The molecule has 2 heterocycles. The molecule has 8 nitrogen and oxygen atoms in total. The highest BCUT2D eigenvalue weighted by atomic mass is 32.2. The number of carbonyl (C=O) groups excluding carboxylic acids is 1. The number of nitrogens with two attached hydrogens (primary N) is 1. The summed E-state index contributed by atoms with van der Waals surface area (Å²) < 4.78 is 29.7. The van der Waals surface area contributed by atoms with Gasteiger partial charge < -0.3 is 9.84 Å². The molecule has 1 aromatic heterocycles. The molecule has 9 heteroatoms. The van der Waals surface area contributed by atoms with Gasteiger partial charge >= 0.3 is 0 Å². The highest BCUT2D eigenvalue weighted by Gasteiger charge is 2.27. The third kappa shape index (κ3) is 3.02. The van der Waals surface area contributed by atoms with E-state index in [1.54, 1.807) is 24.3 Å². The fourth-order valence-corrected chi connectivity index (χ4v) is 3.90. The molecule has 0 spiro atoms. The SMILES string of the molecule is NS(=O)(=O)N1CCc2ccc(NC(=O)Cc3noc4ccccc34)cc21. The highest BCUT2D eigenvalue weighted by molar-refractivity contribution is 7.90. The maximum Gasteiger partial charge on any atom is 0.299 e. The molecule has 0 atom stereocenters. The molecular weight excluding hydrogens is 356 g/mol. The van der Waals surface area contributed by atoms with Crippen molar-refractivity contribution in [1.82, 2.24) is 5.16 Å². The maximum atomic E-state index is 12.4. The van der Waals surface area contributed by atoms with Gasteiger partial charge in [0.2, 0.25) is 5.91 Å². The number of aromatic nitrogens is 1. The predicted octanol–water partition coefficient (Wildman–Crippen LogP) is 1.57. The first kappa shape index (κ1) is 16.6. The van der Waals surface area contributed by atoms with Crippen molar-refractivity contribution >= 4 is 38.5 Å². The molecule has 1 amide bonds. The Morgan fingerprint density at radius 2 is 2.08 bits per heavy atom. The number of fused-ring (bicyclic) bond motifs is 2. The van der Waals surface area contributed by atoms with E-state index in [1.165, 1.54) is 0 Å². The Bertz CT molecular complexity index is 1110. The largest absolute Gasteiger partial charge is 0.356 e. The van der Waals surface area contributed by atoms with Crippen LogP contribution in [0, 0.1) is 0 Å². The number of amides is 1. The zero-order valence-electron chi connectivity index (χ0n) is 13.7. The summed E-state index contributed by atoms with van der Waals surface area (Å²) in [6.45, 7) is 0.302. The lowest BCUT2D eigenvalue weighted by Crippen LogP contribution is -2.35. The van der Waals surface area contributed by atoms with Crippen LogP contribution in [0.15, 0.2) is 47.0 Å². The van der Waals surface area contributed by atoms with Crippen LogP contribution in [0.3, 0.4) is 0 Å². The van der Waals surface area contributed by atoms with Gasteiger partial charge in [0, 0.05) is 17.6 Å². The molecule has 1 aliphatic heterocycles. The van der Waals surface area contributed by atoms with Crippen molar-refractivity contribution in [2.75, 3.05) is 16.2 Å². The lowest BCUT2D eigenvalue weighted by Gasteiger charge is -2.16. The molecule has 134 valence electrons. The Balaban J connectivity index is 1.54. The standard InChI is InChI=1S/C17H16N4O4S/c18-26(23,24)21-8-7-11-5-6-12(9-15(11)21)19-17(22)10-14-13-3-1-2-4-16(13)25-20-14/h1-6,9H,7-8,10H2,(H,19,22)(H2,18,23,24). The van der Waals surface area contributed by atoms with E-state index in [0.29, 0.717) is 35.6 Å². The van der Waals surface area contributed by atoms with Crippen LogP contribution in [-0.2, 0) is 27.8 Å². The molecular formula is C17H16N4O4S. The second-order valence-corrected chi connectivity index (χ2v) is 7.53. The molecule has 3 aromatic rings. The zero-order chi connectivity index (χ0) is 18.3. The number of nitrogens with zero attached hydrogens (tertiary/aromatic N) is 2. The molecule has 0 fully saturated rings. The lowest BCUT2D eigenvalue weighted by atomic mass is 10.1. The number of anilines is 2. The fourth-order valence-electron chi connectivity index (χ4n) is 3.11. The maximum absolute atomic E-state index is 12.4. The Labute approximate surface area is 149 Å². The van der Waals surface area contributed by atoms with E-state index in [9.17, 15) is 13.2 Å². The number of benzene rings is 2. The van der Waals surface area contributed by atoms with E-state index >= 15 is 0 Å². The molecule has 4 rings (SSSR count). The Kier molecular flexibility index (Phi) is 3.89. The summed E-state index contributed by atoms with van der Waals surface area (Å²) in [5, 5.41) is 12.7. The van der Waals surface area contributed by atoms with Crippen molar-refractivity contribution in [3.05, 3.63) is 53.7 Å². The first-order chi connectivity index (χ1) is 12.4. The number of hydrogen-bond acceptors (Lipinski definition) is 5. The topological polar surface area (TPSA) is 119 Å². The van der Waals surface area contributed by atoms with Crippen molar-refractivity contribution in [3.8, 4) is 0 Å². The van der Waals surface area contributed by atoms with Crippen LogP contribution in [-0.4, -0.2) is 26.0 Å². The molecule has 1 aliphatic rings. The van der Waals surface area contributed by atoms with Crippen LogP contribution in [0.5, 0.6) is 0 Å². The average molecular weight is 372 g/mol. The van der Waals surface area contributed by atoms with E-state index in [2.05, 4.69) is 10.5 Å². The van der Waals surface area contributed by atoms with E-state index in [0.717, 1.165) is 15.3 Å². The molecule has 0 saturated carbocycles. The Hall–Kier alpha value is -2.91. The summed E-state index contributed by atoms with van der Waals surface area (Å²) in [5.41, 5.74) is 3.04.